The summed E-state index contributed by atoms with van der Waals surface area (Å²) < 4.78 is 0. The lowest BCUT2D eigenvalue weighted by molar-refractivity contribution is -0.142. The van der Waals surface area contributed by atoms with E-state index in [0.29, 0.717) is 0 Å². The van der Waals surface area contributed by atoms with Gasteiger partial charge in [0.2, 0.25) is 0 Å². The average Bonchev–Trinajstić information content (AvgIpc) is 2.00. The zero-order chi connectivity index (χ0) is 9.02. The molecule has 0 aromatic rings. The lowest BCUT2D eigenvalue weighted by Gasteiger charge is -2.15. The first-order valence-corrected chi connectivity index (χ1v) is 3.86. The molecule has 0 radical (unpaired) electrons. The van der Waals surface area contributed by atoms with Crippen molar-refractivity contribution >= 4 is 5.97 Å². The predicted octanol–water partition coefficient (Wildman–Crippen LogP) is 2.31. The van der Waals surface area contributed by atoms with E-state index in [0.717, 1.165) is 5.57 Å². The van der Waals surface area contributed by atoms with Gasteiger partial charge in [-0.25, -0.2) is 0 Å². The van der Waals surface area contributed by atoms with Crippen LogP contribution in [0, 0.1) is 11.8 Å². The number of aliphatic carboxylic acids is 1. The molecule has 64 valence electrons. The largest absolute Gasteiger partial charge is 0.481 e. The standard InChI is InChI=1S/C9H16O2/c1-5-6(2)7(3)8(4)9(10)11/h5,7-8H,1-4H3,(H,10,11)/b6-5+/t7-,8-/m1/s1. The van der Waals surface area contributed by atoms with Crippen molar-refractivity contribution in [2.75, 3.05) is 0 Å². The fourth-order valence-corrected chi connectivity index (χ4v) is 0.871. The van der Waals surface area contributed by atoms with Gasteiger partial charge in [0.05, 0.1) is 5.92 Å². The van der Waals surface area contributed by atoms with Gasteiger partial charge in [0.15, 0.2) is 0 Å². The van der Waals surface area contributed by atoms with Crippen molar-refractivity contribution < 1.29 is 9.90 Å². The van der Waals surface area contributed by atoms with Crippen molar-refractivity contribution in [1.82, 2.24) is 0 Å². The normalized spacial score (nSPS) is 17.6. The lowest BCUT2D eigenvalue weighted by atomic mass is 9.89. The highest BCUT2D eigenvalue weighted by Gasteiger charge is 2.19. The van der Waals surface area contributed by atoms with Crippen LogP contribution in [0.1, 0.15) is 27.7 Å². The molecule has 0 unspecified atom stereocenters. The smallest absolute Gasteiger partial charge is 0.306 e. The van der Waals surface area contributed by atoms with E-state index in [1.165, 1.54) is 0 Å². The first kappa shape index (κ1) is 10.2. The molecule has 2 atom stereocenters. The fourth-order valence-electron chi connectivity index (χ4n) is 0.871. The van der Waals surface area contributed by atoms with Gasteiger partial charge in [-0.1, -0.05) is 25.5 Å². The Bertz CT molecular complexity index is 170. The van der Waals surface area contributed by atoms with Crippen LogP contribution in [0.15, 0.2) is 11.6 Å². The molecule has 0 saturated heterocycles. The summed E-state index contributed by atoms with van der Waals surface area (Å²) in [7, 11) is 0. The number of carbonyl (C=O) groups is 1. The van der Waals surface area contributed by atoms with Gasteiger partial charge in [-0.15, -0.1) is 0 Å². The lowest BCUT2D eigenvalue weighted by Crippen LogP contribution is -2.18. The Morgan fingerprint density at radius 1 is 1.36 bits per heavy atom. The van der Waals surface area contributed by atoms with Gasteiger partial charge >= 0.3 is 5.97 Å². The Hall–Kier alpha value is -0.790. The maximum Gasteiger partial charge on any atom is 0.306 e. The summed E-state index contributed by atoms with van der Waals surface area (Å²) >= 11 is 0. The SMILES string of the molecule is C/C=C(\C)[C@@H](C)[C@@H](C)C(=O)O. The molecular weight excluding hydrogens is 140 g/mol. The maximum absolute atomic E-state index is 10.5. The van der Waals surface area contributed by atoms with Gasteiger partial charge < -0.3 is 5.11 Å². The minimum Gasteiger partial charge on any atom is -0.481 e. The number of rotatable bonds is 3. The molecule has 0 bridgehead atoms. The van der Waals surface area contributed by atoms with Crippen LogP contribution in [0.5, 0.6) is 0 Å². The van der Waals surface area contributed by atoms with Gasteiger partial charge in [-0.05, 0) is 19.8 Å². The molecule has 0 fully saturated rings. The van der Waals surface area contributed by atoms with Crippen LogP contribution in [0.3, 0.4) is 0 Å². The highest BCUT2D eigenvalue weighted by molar-refractivity contribution is 5.70. The van der Waals surface area contributed by atoms with Gasteiger partial charge in [-0.2, -0.15) is 0 Å². The van der Waals surface area contributed by atoms with Crippen LogP contribution in [0.2, 0.25) is 0 Å². The quantitative estimate of drug-likeness (QED) is 0.636. The average molecular weight is 156 g/mol. The number of allylic oxidation sites excluding steroid dienone is 2. The Morgan fingerprint density at radius 2 is 1.82 bits per heavy atom. The van der Waals surface area contributed by atoms with Gasteiger partial charge in [-0.3, -0.25) is 4.79 Å². The number of hydrogen-bond acceptors (Lipinski definition) is 1. The van der Waals surface area contributed by atoms with E-state index in [-0.39, 0.29) is 11.8 Å². The third kappa shape index (κ3) is 2.74. The molecular formula is C9H16O2. The Labute approximate surface area is 67.9 Å². The van der Waals surface area contributed by atoms with E-state index in [4.69, 9.17) is 5.11 Å². The molecule has 0 saturated carbocycles. The number of carboxylic acid groups (broad SMARTS) is 1. The highest BCUT2D eigenvalue weighted by Crippen LogP contribution is 2.19. The Kier molecular flexibility index (Phi) is 3.86. The minimum absolute atomic E-state index is 0.137. The van der Waals surface area contributed by atoms with Crippen molar-refractivity contribution in [3.63, 3.8) is 0 Å². The van der Waals surface area contributed by atoms with E-state index >= 15 is 0 Å². The molecule has 0 aromatic heterocycles. The maximum atomic E-state index is 10.5. The monoisotopic (exact) mass is 156 g/mol. The highest BCUT2D eigenvalue weighted by atomic mass is 16.4. The topological polar surface area (TPSA) is 37.3 Å². The zero-order valence-electron chi connectivity index (χ0n) is 7.59. The molecule has 2 heteroatoms. The summed E-state index contributed by atoms with van der Waals surface area (Å²) in [5.74, 6) is -0.873. The summed E-state index contributed by atoms with van der Waals surface area (Å²) in [4.78, 5) is 10.5. The molecule has 1 N–H and O–H groups in total. The molecule has 2 nitrogen and oxygen atoms in total. The summed E-state index contributed by atoms with van der Waals surface area (Å²) in [5, 5.41) is 8.67. The van der Waals surface area contributed by atoms with E-state index in [9.17, 15) is 4.79 Å². The minimum atomic E-state index is -0.723. The second kappa shape index (κ2) is 4.16. The molecule has 11 heavy (non-hydrogen) atoms. The van der Waals surface area contributed by atoms with Gasteiger partial charge in [0.25, 0.3) is 0 Å². The van der Waals surface area contributed by atoms with Crippen molar-refractivity contribution in [3.8, 4) is 0 Å². The number of hydrogen-bond donors (Lipinski definition) is 1. The Morgan fingerprint density at radius 3 is 2.09 bits per heavy atom. The second-order valence-corrected chi connectivity index (χ2v) is 2.95. The van der Waals surface area contributed by atoms with Gasteiger partial charge in [0.1, 0.15) is 0 Å². The van der Waals surface area contributed by atoms with Crippen LogP contribution in [-0.4, -0.2) is 11.1 Å². The molecule has 0 spiro atoms. The second-order valence-electron chi connectivity index (χ2n) is 2.95. The third-order valence-electron chi connectivity index (χ3n) is 2.31. The van der Waals surface area contributed by atoms with E-state index in [2.05, 4.69) is 0 Å². The molecule has 0 aromatic carbocycles. The number of carboxylic acids is 1. The van der Waals surface area contributed by atoms with Crippen molar-refractivity contribution in [3.05, 3.63) is 11.6 Å². The zero-order valence-corrected chi connectivity index (χ0v) is 7.59. The molecule has 0 aliphatic carbocycles. The van der Waals surface area contributed by atoms with Gasteiger partial charge in [0, 0.05) is 0 Å². The van der Waals surface area contributed by atoms with Crippen molar-refractivity contribution in [2.45, 2.75) is 27.7 Å². The van der Waals surface area contributed by atoms with E-state index in [1.54, 1.807) is 6.92 Å². The van der Waals surface area contributed by atoms with Crippen molar-refractivity contribution in [1.29, 1.82) is 0 Å². The van der Waals surface area contributed by atoms with Crippen LogP contribution in [0.25, 0.3) is 0 Å². The summed E-state index contributed by atoms with van der Waals surface area (Å²) in [6, 6.07) is 0. The van der Waals surface area contributed by atoms with Crippen LogP contribution < -0.4 is 0 Å². The fraction of sp³-hybridized carbons (Fsp3) is 0.667. The molecule has 0 rings (SSSR count). The third-order valence-corrected chi connectivity index (χ3v) is 2.31. The first-order chi connectivity index (χ1) is 5.00. The van der Waals surface area contributed by atoms with Crippen LogP contribution in [-0.2, 0) is 4.79 Å². The van der Waals surface area contributed by atoms with Crippen LogP contribution in [0.4, 0.5) is 0 Å². The van der Waals surface area contributed by atoms with Crippen molar-refractivity contribution in [2.24, 2.45) is 11.8 Å². The first-order valence-electron chi connectivity index (χ1n) is 3.86. The Balaban J connectivity index is 4.24. The molecule has 0 amide bonds. The van der Waals surface area contributed by atoms with Crippen LogP contribution >= 0.6 is 0 Å². The molecule has 0 aliphatic heterocycles. The van der Waals surface area contributed by atoms with E-state index in [1.807, 2.05) is 26.8 Å². The summed E-state index contributed by atoms with van der Waals surface area (Å²) in [6.07, 6.45) is 1.96. The molecule has 0 aliphatic rings. The van der Waals surface area contributed by atoms with E-state index < -0.39 is 5.97 Å². The molecule has 0 heterocycles. The summed E-state index contributed by atoms with van der Waals surface area (Å²) in [6.45, 7) is 7.57. The summed E-state index contributed by atoms with van der Waals surface area (Å²) in [5.41, 5.74) is 1.14. The predicted molar refractivity (Wildman–Crippen MR) is 45.4 cm³/mol.